The zero-order chi connectivity index (χ0) is 21.3. The van der Waals surface area contributed by atoms with Crippen LogP contribution in [0.3, 0.4) is 0 Å². The maximum absolute atomic E-state index is 15.2. The zero-order valence-corrected chi connectivity index (χ0v) is 17.3. The molecule has 0 N–H and O–H groups in total. The minimum absolute atomic E-state index is 0.0214. The third-order valence-corrected chi connectivity index (χ3v) is 6.17. The molecule has 2 aromatic rings. The average molecular weight is 416 g/mol. The summed E-state index contributed by atoms with van der Waals surface area (Å²) in [4.78, 5) is 0. The fraction of sp³-hybridized carbons (Fsp3) is 0.440. The number of aryl methyl sites for hydroxylation is 2. The molecule has 160 valence electrons. The Balaban J connectivity index is 1.52. The van der Waals surface area contributed by atoms with Gasteiger partial charge in [-0.25, -0.2) is 8.78 Å². The summed E-state index contributed by atoms with van der Waals surface area (Å²) < 4.78 is 55.4. The van der Waals surface area contributed by atoms with Crippen molar-refractivity contribution in [2.75, 3.05) is 6.61 Å². The average Bonchev–Trinajstić information content (AvgIpc) is 2.76. The van der Waals surface area contributed by atoms with E-state index in [0.29, 0.717) is 60.5 Å². The van der Waals surface area contributed by atoms with Gasteiger partial charge in [-0.15, -0.1) is 6.58 Å². The van der Waals surface area contributed by atoms with E-state index in [1.807, 2.05) is 19.1 Å². The van der Waals surface area contributed by atoms with Crippen molar-refractivity contribution in [3.63, 3.8) is 0 Å². The number of benzene rings is 2. The van der Waals surface area contributed by atoms with Gasteiger partial charge in [0.05, 0.1) is 12.7 Å². The van der Waals surface area contributed by atoms with Crippen LogP contribution in [0.15, 0.2) is 30.9 Å². The van der Waals surface area contributed by atoms with E-state index in [2.05, 4.69) is 6.58 Å². The van der Waals surface area contributed by atoms with E-state index in [4.69, 9.17) is 9.47 Å². The van der Waals surface area contributed by atoms with Gasteiger partial charge in [-0.05, 0) is 55.2 Å². The quantitative estimate of drug-likeness (QED) is 0.418. The lowest BCUT2D eigenvalue weighted by Gasteiger charge is -2.27. The highest BCUT2D eigenvalue weighted by atomic mass is 19.2. The van der Waals surface area contributed by atoms with E-state index in [0.717, 1.165) is 19.3 Å². The van der Waals surface area contributed by atoms with Crippen molar-refractivity contribution in [1.29, 1.82) is 0 Å². The second-order valence-corrected chi connectivity index (χ2v) is 8.30. The molecule has 2 aliphatic heterocycles. The number of fused-ring (bicyclic) bond motifs is 2. The van der Waals surface area contributed by atoms with Crippen molar-refractivity contribution in [3.8, 4) is 11.5 Å². The molecule has 2 nitrogen and oxygen atoms in total. The Morgan fingerprint density at radius 1 is 1.00 bits per heavy atom. The topological polar surface area (TPSA) is 18.5 Å². The minimum atomic E-state index is -1.03. The van der Waals surface area contributed by atoms with E-state index in [-0.39, 0.29) is 17.6 Å². The smallest absolute Gasteiger partial charge is 0.201 e. The molecule has 1 saturated heterocycles. The fourth-order valence-electron chi connectivity index (χ4n) is 4.40. The molecule has 0 radical (unpaired) electrons. The highest BCUT2D eigenvalue weighted by Crippen LogP contribution is 2.42. The molecule has 2 aliphatic rings. The molecule has 0 aliphatic carbocycles. The van der Waals surface area contributed by atoms with Crippen molar-refractivity contribution in [3.05, 3.63) is 70.6 Å². The molecule has 1 fully saturated rings. The first-order valence-corrected chi connectivity index (χ1v) is 10.7. The maximum atomic E-state index is 15.2. The first-order valence-electron chi connectivity index (χ1n) is 10.7. The summed E-state index contributed by atoms with van der Waals surface area (Å²) in [6.45, 7) is 6.32. The zero-order valence-electron chi connectivity index (χ0n) is 17.3. The summed E-state index contributed by atoms with van der Waals surface area (Å²) in [6.07, 6.45) is 6.75. The predicted octanol–water partition coefficient (Wildman–Crippen LogP) is 6.67. The van der Waals surface area contributed by atoms with Crippen LogP contribution in [0.4, 0.5) is 13.2 Å². The SMILES string of the molecule is C=CC1CCC(CCc2ccc3c(c2F)Oc2c(cc(CCC)c(F)c2F)C3)CO1. The van der Waals surface area contributed by atoms with Gasteiger partial charge in [0.25, 0.3) is 0 Å². The molecule has 4 rings (SSSR count). The van der Waals surface area contributed by atoms with E-state index in [9.17, 15) is 8.78 Å². The van der Waals surface area contributed by atoms with Gasteiger partial charge < -0.3 is 9.47 Å². The molecular weight excluding hydrogens is 389 g/mol. The Hall–Kier alpha value is -2.27. The standard InChI is InChI=1S/C25H27F3O2/c1-3-5-17-12-19-13-18-10-9-16(8-6-15-7-11-20(4-2)29-14-15)22(27)24(18)30-25(19)23(28)21(17)26/h4,9-10,12,15,20H,2-3,5-8,11,13-14H2,1H3. The lowest BCUT2D eigenvalue weighted by molar-refractivity contribution is 0.00880. The van der Waals surface area contributed by atoms with Gasteiger partial charge >= 0.3 is 0 Å². The summed E-state index contributed by atoms with van der Waals surface area (Å²) in [7, 11) is 0. The lowest BCUT2D eigenvalue weighted by Crippen LogP contribution is -2.24. The third-order valence-electron chi connectivity index (χ3n) is 6.17. The normalized spacial score (nSPS) is 20.3. The number of hydrogen-bond acceptors (Lipinski definition) is 2. The fourth-order valence-corrected chi connectivity index (χ4v) is 4.40. The van der Waals surface area contributed by atoms with Crippen molar-refractivity contribution in [2.24, 2.45) is 5.92 Å². The number of rotatable bonds is 6. The van der Waals surface area contributed by atoms with E-state index >= 15 is 4.39 Å². The van der Waals surface area contributed by atoms with Gasteiger partial charge in [-0.2, -0.15) is 4.39 Å². The number of ether oxygens (including phenoxy) is 2. The predicted molar refractivity (Wildman–Crippen MR) is 111 cm³/mol. The first kappa shape index (κ1) is 21.0. The molecule has 0 aromatic heterocycles. The largest absolute Gasteiger partial charge is 0.450 e. The molecule has 0 spiro atoms. The molecule has 2 unspecified atom stereocenters. The van der Waals surface area contributed by atoms with Crippen LogP contribution in [0.25, 0.3) is 0 Å². The van der Waals surface area contributed by atoms with Crippen molar-refractivity contribution >= 4 is 0 Å². The minimum Gasteiger partial charge on any atom is -0.450 e. The van der Waals surface area contributed by atoms with Crippen LogP contribution in [0.2, 0.25) is 0 Å². The highest BCUT2D eigenvalue weighted by molar-refractivity contribution is 5.53. The van der Waals surface area contributed by atoms with Gasteiger partial charge in [-0.1, -0.05) is 31.6 Å². The lowest BCUT2D eigenvalue weighted by atomic mass is 9.91. The van der Waals surface area contributed by atoms with Crippen LogP contribution < -0.4 is 4.74 Å². The van der Waals surface area contributed by atoms with Crippen LogP contribution in [0.1, 0.15) is 54.9 Å². The summed E-state index contributed by atoms with van der Waals surface area (Å²) in [5, 5.41) is 0. The Morgan fingerprint density at radius 2 is 1.80 bits per heavy atom. The second kappa shape index (κ2) is 8.84. The molecule has 5 heteroatoms. The van der Waals surface area contributed by atoms with Gasteiger partial charge in [-0.3, -0.25) is 0 Å². The van der Waals surface area contributed by atoms with Gasteiger partial charge in [0.1, 0.15) is 0 Å². The van der Waals surface area contributed by atoms with Crippen molar-refractivity contribution in [2.45, 2.75) is 58.0 Å². The highest BCUT2D eigenvalue weighted by Gasteiger charge is 2.28. The number of hydrogen-bond donors (Lipinski definition) is 0. The summed E-state index contributed by atoms with van der Waals surface area (Å²) in [5.74, 6) is -2.19. The molecule has 0 bridgehead atoms. The van der Waals surface area contributed by atoms with Crippen LogP contribution >= 0.6 is 0 Å². The summed E-state index contributed by atoms with van der Waals surface area (Å²) in [5.41, 5.74) is 2.10. The molecule has 2 heterocycles. The van der Waals surface area contributed by atoms with Crippen LogP contribution in [0.5, 0.6) is 11.5 Å². The molecule has 0 saturated carbocycles. The van der Waals surface area contributed by atoms with Crippen LogP contribution in [0, 0.1) is 23.4 Å². The maximum Gasteiger partial charge on any atom is 0.201 e. The van der Waals surface area contributed by atoms with Crippen LogP contribution in [-0.2, 0) is 24.0 Å². The summed E-state index contributed by atoms with van der Waals surface area (Å²) in [6, 6.07) is 5.26. The Labute approximate surface area is 175 Å². The molecule has 0 amide bonds. The van der Waals surface area contributed by atoms with E-state index < -0.39 is 17.5 Å². The van der Waals surface area contributed by atoms with Gasteiger partial charge in [0, 0.05) is 17.5 Å². The molecule has 30 heavy (non-hydrogen) atoms. The Morgan fingerprint density at radius 3 is 2.50 bits per heavy atom. The van der Waals surface area contributed by atoms with E-state index in [1.165, 1.54) is 0 Å². The van der Waals surface area contributed by atoms with Crippen molar-refractivity contribution in [1.82, 2.24) is 0 Å². The molecule has 2 atom stereocenters. The third kappa shape index (κ3) is 4.00. The number of halogens is 3. The van der Waals surface area contributed by atoms with Crippen LogP contribution in [-0.4, -0.2) is 12.7 Å². The Kier molecular flexibility index (Phi) is 6.19. The van der Waals surface area contributed by atoms with E-state index in [1.54, 1.807) is 12.1 Å². The monoisotopic (exact) mass is 416 g/mol. The Bertz CT molecular complexity index is 946. The molecule has 2 aromatic carbocycles. The second-order valence-electron chi connectivity index (χ2n) is 8.30. The van der Waals surface area contributed by atoms with Gasteiger partial charge in [0.15, 0.2) is 23.1 Å². The van der Waals surface area contributed by atoms with Crippen molar-refractivity contribution < 1.29 is 22.6 Å². The summed E-state index contributed by atoms with van der Waals surface area (Å²) >= 11 is 0. The first-order chi connectivity index (χ1) is 14.5. The molecular formula is C25H27F3O2. The van der Waals surface area contributed by atoms with Gasteiger partial charge in [0.2, 0.25) is 5.82 Å².